The zero-order chi connectivity index (χ0) is 21.2. The summed E-state index contributed by atoms with van der Waals surface area (Å²) in [5.74, 6) is 1.26. The van der Waals surface area contributed by atoms with Gasteiger partial charge in [0, 0.05) is 10.6 Å². The lowest BCUT2D eigenvalue weighted by atomic mass is 10.2. The lowest BCUT2D eigenvalue weighted by Crippen LogP contribution is -2.23. The average Bonchev–Trinajstić information content (AvgIpc) is 3.33. The molecule has 0 aliphatic rings. The van der Waals surface area contributed by atoms with Gasteiger partial charge in [-0.05, 0) is 41.5 Å². The number of rotatable bonds is 5. The minimum Gasteiger partial charge on any atom is -0.489 e. The molecule has 2 heterocycles. The van der Waals surface area contributed by atoms with Crippen molar-refractivity contribution in [3.05, 3.63) is 110 Å². The molecular weight excluding hydrogens is 430 g/mol. The summed E-state index contributed by atoms with van der Waals surface area (Å²) in [5.41, 5.74) is 2.61. The molecule has 0 atom stereocenters. The summed E-state index contributed by atoms with van der Waals surface area (Å²) in [5, 5.41) is 4.96. The fourth-order valence-electron chi connectivity index (χ4n) is 3.14. The maximum Gasteiger partial charge on any atom is 0.291 e. The number of nitrogens with zero attached hydrogens (tertiary/aromatic N) is 3. The minimum absolute atomic E-state index is 0.190. The predicted molar refractivity (Wildman–Crippen MR) is 124 cm³/mol. The van der Waals surface area contributed by atoms with Crippen LogP contribution in [-0.4, -0.2) is 14.6 Å². The highest BCUT2D eigenvalue weighted by Gasteiger charge is 2.12. The second kappa shape index (κ2) is 8.34. The van der Waals surface area contributed by atoms with Crippen LogP contribution in [0.3, 0.4) is 0 Å². The van der Waals surface area contributed by atoms with Crippen molar-refractivity contribution in [1.82, 2.24) is 14.6 Å². The average molecular weight is 446 g/mol. The van der Waals surface area contributed by atoms with Crippen molar-refractivity contribution < 1.29 is 4.74 Å². The van der Waals surface area contributed by atoms with E-state index in [1.165, 1.54) is 15.9 Å². The Balaban J connectivity index is 1.37. The Morgan fingerprint density at radius 3 is 2.55 bits per heavy atom. The van der Waals surface area contributed by atoms with Gasteiger partial charge in [0.15, 0.2) is 5.82 Å². The van der Waals surface area contributed by atoms with E-state index >= 15 is 0 Å². The number of hydrogen-bond acceptors (Lipinski definition) is 5. The van der Waals surface area contributed by atoms with Crippen molar-refractivity contribution in [2.24, 2.45) is 0 Å². The normalized spacial score (nSPS) is 11.8. The topological polar surface area (TPSA) is 56.5 Å². The molecule has 0 aliphatic carbocycles. The SMILES string of the molecule is O=c1c(=Cc2ccc(OCc3ccccc3)cc2)sc2nc(-c3cccc(Cl)c3)nn12. The smallest absolute Gasteiger partial charge is 0.291 e. The third-order valence-corrected chi connectivity index (χ3v) is 5.89. The monoisotopic (exact) mass is 445 g/mol. The molecule has 2 aromatic heterocycles. The number of halogens is 1. The molecule has 0 N–H and O–H groups in total. The fourth-order valence-corrected chi connectivity index (χ4v) is 4.23. The first-order chi connectivity index (χ1) is 15.2. The fraction of sp³-hybridized carbons (Fsp3) is 0.0417. The quantitative estimate of drug-likeness (QED) is 0.397. The van der Waals surface area contributed by atoms with Crippen molar-refractivity contribution >= 4 is 34.0 Å². The molecule has 0 saturated heterocycles. The Morgan fingerprint density at radius 2 is 1.81 bits per heavy atom. The van der Waals surface area contributed by atoms with E-state index in [0.29, 0.717) is 26.9 Å². The lowest BCUT2D eigenvalue weighted by Gasteiger charge is -2.06. The van der Waals surface area contributed by atoms with Gasteiger partial charge in [-0.25, -0.2) is 0 Å². The van der Waals surface area contributed by atoms with Gasteiger partial charge in [0.25, 0.3) is 5.56 Å². The van der Waals surface area contributed by atoms with Gasteiger partial charge in [0.05, 0.1) is 4.53 Å². The zero-order valence-corrected chi connectivity index (χ0v) is 17.8. The summed E-state index contributed by atoms with van der Waals surface area (Å²) in [6.45, 7) is 0.511. The van der Waals surface area contributed by atoms with Crippen molar-refractivity contribution in [3.63, 3.8) is 0 Å². The maximum absolute atomic E-state index is 12.8. The van der Waals surface area contributed by atoms with Crippen LogP contribution in [0.1, 0.15) is 11.1 Å². The van der Waals surface area contributed by atoms with E-state index in [1.54, 1.807) is 12.1 Å². The molecule has 152 valence electrons. The molecular formula is C24H16ClN3O2S. The third kappa shape index (κ3) is 4.21. The van der Waals surface area contributed by atoms with Gasteiger partial charge in [-0.2, -0.15) is 9.50 Å². The number of hydrogen-bond donors (Lipinski definition) is 0. The number of thiazole rings is 1. The Labute approximate surface area is 186 Å². The van der Waals surface area contributed by atoms with Crippen molar-refractivity contribution in [3.8, 4) is 17.1 Å². The van der Waals surface area contributed by atoms with Crippen molar-refractivity contribution in [2.45, 2.75) is 6.61 Å². The van der Waals surface area contributed by atoms with E-state index in [4.69, 9.17) is 16.3 Å². The number of benzene rings is 3. The number of aromatic nitrogens is 3. The Hall–Kier alpha value is -3.48. The van der Waals surface area contributed by atoms with Gasteiger partial charge in [0.2, 0.25) is 4.96 Å². The number of ether oxygens (including phenoxy) is 1. The first-order valence-electron chi connectivity index (χ1n) is 9.60. The van der Waals surface area contributed by atoms with Crippen LogP contribution in [0, 0.1) is 0 Å². The molecule has 3 aromatic carbocycles. The molecule has 0 unspecified atom stereocenters. The highest BCUT2D eigenvalue weighted by atomic mass is 35.5. The van der Waals surface area contributed by atoms with Gasteiger partial charge in [-0.1, -0.05) is 77.5 Å². The van der Waals surface area contributed by atoms with E-state index < -0.39 is 0 Å². The molecule has 0 amide bonds. The van der Waals surface area contributed by atoms with Gasteiger partial charge >= 0.3 is 0 Å². The van der Waals surface area contributed by atoms with E-state index in [-0.39, 0.29) is 5.56 Å². The van der Waals surface area contributed by atoms with E-state index in [9.17, 15) is 4.79 Å². The van der Waals surface area contributed by atoms with E-state index in [2.05, 4.69) is 10.1 Å². The Morgan fingerprint density at radius 1 is 1.00 bits per heavy atom. The molecule has 5 nitrogen and oxygen atoms in total. The van der Waals surface area contributed by atoms with Crippen LogP contribution >= 0.6 is 22.9 Å². The molecule has 31 heavy (non-hydrogen) atoms. The molecule has 5 aromatic rings. The van der Waals surface area contributed by atoms with Crippen LogP contribution < -0.4 is 14.8 Å². The minimum atomic E-state index is -0.190. The van der Waals surface area contributed by atoms with Crippen LogP contribution in [-0.2, 0) is 6.61 Å². The Bertz CT molecular complexity index is 1460. The van der Waals surface area contributed by atoms with Crippen molar-refractivity contribution in [2.75, 3.05) is 0 Å². The summed E-state index contributed by atoms with van der Waals surface area (Å²) in [7, 11) is 0. The third-order valence-electron chi connectivity index (χ3n) is 4.69. The van der Waals surface area contributed by atoms with Gasteiger partial charge in [0.1, 0.15) is 12.4 Å². The summed E-state index contributed by atoms with van der Waals surface area (Å²) < 4.78 is 7.73. The maximum atomic E-state index is 12.8. The van der Waals surface area contributed by atoms with Crippen molar-refractivity contribution in [1.29, 1.82) is 0 Å². The molecule has 0 spiro atoms. The molecule has 0 radical (unpaired) electrons. The summed E-state index contributed by atoms with van der Waals surface area (Å²) in [4.78, 5) is 17.8. The predicted octanol–water partition coefficient (Wildman–Crippen LogP) is 4.60. The highest BCUT2D eigenvalue weighted by molar-refractivity contribution is 7.15. The van der Waals surface area contributed by atoms with E-state index in [0.717, 1.165) is 22.4 Å². The first kappa shape index (κ1) is 19.5. The van der Waals surface area contributed by atoms with Gasteiger partial charge < -0.3 is 4.74 Å². The van der Waals surface area contributed by atoms with Crippen LogP contribution in [0.4, 0.5) is 0 Å². The first-order valence-corrected chi connectivity index (χ1v) is 10.8. The summed E-state index contributed by atoms with van der Waals surface area (Å²) >= 11 is 7.35. The lowest BCUT2D eigenvalue weighted by molar-refractivity contribution is 0.306. The van der Waals surface area contributed by atoms with Gasteiger partial charge in [-0.3, -0.25) is 4.79 Å². The molecule has 0 aliphatic heterocycles. The summed E-state index contributed by atoms with van der Waals surface area (Å²) in [6, 6.07) is 24.9. The molecule has 7 heteroatoms. The number of fused-ring (bicyclic) bond motifs is 1. The second-order valence-electron chi connectivity index (χ2n) is 6.90. The van der Waals surface area contributed by atoms with Crippen LogP contribution in [0.5, 0.6) is 5.75 Å². The van der Waals surface area contributed by atoms with Gasteiger partial charge in [-0.15, -0.1) is 5.10 Å². The summed E-state index contributed by atoms with van der Waals surface area (Å²) in [6.07, 6.45) is 1.84. The van der Waals surface area contributed by atoms with Crippen LogP contribution in [0.2, 0.25) is 5.02 Å². The molecule has 5 rings (SSSR count). The standard InChI is InChI=1S/C24H16ClN3O2S/c25-19-8-4-7-18(14-19)22-26-24-28(27-22)23(29)21(31-24)13-16-9-11-20(12-10-16)30-15-17-5-2-1-3-6-17/h1-14H,15H2. The van der Waals surface area contributed by atoms with Crippen LogP contribution in [0.15, 0.2) is 83.7 Å². The Kier molecular flexibility index (Phi) is 5.24. The van der Waals surface area contributed by atoms with E-state index in [1.807, 2.05) is 72.8 Å². The molecule has 0 saturated carbocycles. The largest absolute Gasteiger partial charge is 0.489 e. The van der Waals surface area contributed by atoms with Crippen LogP contribution in [0.25, 0.3) is 22.4 Å². The second-order valence-corrected chi connectivity index (χ2v) is 8.34. The molecule has 0 bridgehead atoms. The highest BCUT2D eigenvalue weighted by Crippen LogP contribution is 2.20. The molecule has 0 fully saturated rings. The zero-order valence-electron chi connectivity index (χ0n) is 16.2.